The van der Waals surface area contributed by atoms with Crippen molar-refractivity contribution < 1.29 is 14.3 Å². The first-order valence-corrected chi connectivity index (χ1v) is 8.03. The monoisotopic (exact) mass is 316 g/mol. The molecule has 1 rings (SSSR count). The third-order valence-electron chi connectivity index (χ3n) is 3.48. The van der Waals surface area contributed by atoms with E-state index in [4.69, 9.17) is 10.00 Å². The number of hydrogen-bond donors (Lipinski definition) is 1. The molecule has 0 aliphatic rings. The summed E-state index contributed by atoms with van der Waals surface area (Å²) in [6.45, 7) is 3.82. The minimum atomic E-state index is -0.569. The van der Waals surface area contributed by atoms with Crippen molar-refractivity contribution in [3.8, 4) is 6.07 Å². The molecule has 5 heteroatoms. The average molecular weight is 316 g/mol. The van der Waals surface area contributed by atoms with Crippen molar-refractivity contribution in [1.82, 2.24) is 5.32 Å². The van der Waals surface area contributed by atoms with Crippen molar-refractivity contribution in [2.24, 2.45) is 0 Å². The van der Waals surface area contributed by atoms with Crippen LogP contribution in [0, 0.1) is 11.3 Å². The number of rotatable bonds is 9. The van der Waals surface area contributed by atoms with E-state index in [1.165, 1.54) is 43.5 Å². The Labute approximate surface area is 137 Å². The number of nitriles is 1. The number of ether oxygens (including phenoxy) is 1. The van der Waals surface area contributed by atoms with Crippen molar-refractivity contribution in [2.45, 2.75) is 52.0 Å². The van der Waals surface area contributed by atoms with E-state index in [0.29, 0.717) is 11.1 Å². The molecule has 0 unspecified atom stereocenters. The molecule has 23 heavy (non-hydrogen) atoms. The summed E-state index contributed by atoms with van der Waals surface area (Å²) in [5.41, 5.74) is 0.792. The lowest BCUT2D eigenvalue weighted by atomic mass is 10.1. The quantitative estimate of drug-likeness (QED) is 0.560. The molecule has 0 aliphatic heterocycles. The number of nitrogens with one attached hydrogen (secondary N) is 1. The number of carbonyl (C=O) groups is 2. The Kier molecular flexibility index (Phi) is 8.45. The number of amides is 1. The minimum absolute atomic E-state index is 0.0768. The smallest absolute Gasteiger partial charge is 0.338 e. The van der Waals surface area contributed by atoms with Gasteiger partial charge in [-0.05, 0) is 37.6 Å². The van der Waals surface area contributed by atoms with Crippen molar-refractivity contribution in [1.29, 1.82) is 5.26 Å². The van der Waals surface area contributed by atoms with Gasteiger partial charge in [0.2, 0.25) is 0 Å². The van der Waals surface area contributed by atoms with Gasteiger partial charge in [0.15, 0.2) is 6.61 Å². The van der Waals surface area contributed by atoms with Crippen LogP contribution in [0.15, 0.2) is 24.3 Å². The van der Waals surface area contributed by atoms with E-state index in [0.717, 1.165) is 12.8 Å². The van der Waals surface area contributed by atoms with Gasteiger partial charge in [-0.25, -0.2) is 4.79 Å². The van der Waals surface area contributed by atoms with E-state index < -0.39 is 5.97 Å². The Morgan fingerprint density at radius 1 is 1.22 bits per heavy atom. The molecule has 1 aromatic carbocycles. The maximum atomic E-state index is 11.8. The fourth-order valence-corrected chi connectivity index (χ4v) is 2.16. The van der Waals surface area contributed by atoms with Gasteiger partial charge in [0.1, 0.15) is 0 Å². The summed E-state index contributed by atoms with van der Waals surface area (Å²) in [4.78, 5) is 23.5. The molecule has 1 aromatic rings. The van der Waals surface area contributed by atoms with E-state index in [-0.39, 0.29) is 18.6 Å². The summed E-state index contributed by atoms with van der Waals surface area (Å²) in [5.74, 6) is -0.866. The summed E-state index contributed by atoms with van der Waals surface area (Å²) in [7, 11) is 0. The first kappa shape index (κ1) is 18.7. The van der Waals surface area contributed by atoms with Crippen molar-refractivity contribution >= 4 is 11.9 Å². The maximum absolute atomic E-state index is 11.8. The van der Waals surface area contributed by atoms with E-state index in [2.05, 4.69) is 12.2 Å². The summed E-state index contributed by atoms with van der Waals surface area (Å²) >= 11 is 0. The average Bonchev–Trinajstić information content (AvgIpc) is 2.56. The predicted molar refractivity (Wildman–Crippen MR) is 87.8 cm³/mol. The highest BCUT2D eigenvalue weighted by Gasteiger charge is 2.12. The van der Waals surface area contributed by atoms with Crippen LogP contribution in [-0.4, -0.2) is 24.5 Å². The fourth-order valence-electron chi connectivity index (χ4n) is 2.16. The molecule has 0 saturated carbocycles. The van der Waals surface area contributed by atoms with Gasteiger partial charge in [0.25, 0.3) is 5.91 Å². The molecule has 124 valence electrons. The molecule has 0 fully saturated rings. The van der Waals surface area contributed by atoms with Crippen molar-refractivity contribution in [3.63, 3.8) is 0 Å². The molecule has 0 saturated heterocycles. The van der Waals surface area contributed by atoms with Crippen LogP contribution < -0.4 is 5.32 Å². The number of esters is 1. The third kappa shape index (κ3) is 7.46. The second-order valence-electron chi connectivity index (χ2n) is 5.58. The van der Waals surface area contributed by atoms with Crippen LogP contribution in [0.1, 0.15) is 61.9 Å². The van der Waals surface area contributed by atoms with Gasteiger partial charge >= 0.3 is 5.97 Å². The van der Waals surface area contributed by atoms with Gasteiger partial charge in [0.05, 0.1) is 17.2 Å². The van der Waals surface area contributed by atoms with Gasteiger partial charge in [-0.15, -0.1) is 0 Å². The third-order valence-corrected chi connectivity index (χ3v) is 3.48. The number of benzene rings is 1. The molecule has 0 aromatic heterocycles. The normalized spacial score (nSPS) is 11.3. The largest absolute Gasteiger partial charge is 0.452 e. The highest BCUT2D eigenvalue weighted by molar-refractivity contribution is 5.91. The topological polar surface area (TPSA) is 79.2 Å². The highest BCUT2D eigenvalue weighted by Crippen LogP contribution is 2.06. The number of hydrogen-bond acceptors (Lipinski definition) is 4. The van der Waals surface area contributed by atoms with E-state index >= 15 is 0 Å². The maximum Gasteiger partial charge on any atom is 0.338 e. The van der Waals surface area contributed by atoms with Crippen LogP contribution in [-0.2, 0) is 9.53 Å². The first-order chi connectivity index (χ1) is 11.1. The van der Waals surface area contributed by atoms with Crippen LogP contribution in [0.5, 0.6) is 0 Å². The summed E-state index contributed by atoms with van der Waals surface area (Å²) in [6, 6.07) is 8.14. The van der Waals surface area contributed by atoms with Gasteiger partial charge in [-0.2, -0.15) is 5.26 Å². The number of nitrogens with zero attached hydrogens (tertiary/aromatic N) is 1. The van der Waals surface area contributed by atoms with Crippen molar-refractivity contribution in [3.05, 3.63) is 35.4 Å². The molecular formula is C18H24N2O3. The zero-order valence-corrected chi connectivity index (χ0v) is 13.8. The van der Waals surface area contributed by atoms with Gasteiger partial charge in [-0.1, -0.05) is 32.6 Å². The lowest BCUT2D eigenvalue weighted by Gasteiger charge is -2.13. The molecule has 1 atom stereocenters. The lowest BCUT2D eigenvalue weighted by Crippen LogP contribution is -2.35. The Balaban J connectivity index is 2.29. The predicted octanol–water partition coefficient (Wildman–Crippen LogP) is 3.19. The highest BCUT2D eigenvalue weighted by atomic mass is 16.5. The molecule has 1 N–H and O–H groups in total. The molecule has 5 nitrogen and oxygen atoms in total. The first-order valence-electron chi connectivity index (χ1n) is 8.03. The second kappa shape index (κ2) is 10.4. The van der Waals surface area contributed by atoms with Crippen LogP contribution >= 0.6 is 0 Å². The van der Waals surface area contributed by atoms with E-state index in [9.17, 15) is 9.59 Å². The Hall–Kier alpha value is -2.35. The molecule has 0 aliphatic carbocycles. The van der Waals surface area contributed by atoms with Crippen LogP contribution in [0.25, 0.3) is 0 Å². The lowest BCUT2D eigenvalue weighted by molar-refractivity contribution is -0.124. The Bertz CT molecular complexity index is 546. The summed E-state index contributed by atoms with van der Waals surface area (Å²) in [5, 5.41) is 11.5. The SMILES string of the molecule is CCCCCC[C@@H](C)NC(=O)COC(=O)c1ccc(C#N)cc1. The van der Waals surface area contributed by atoms with Crippen molar-refractivity contribution in [2.75, 3.05) is 6.61 Å². The summed E-state index contributed by atoms with van der Waals surface area (Å²) < 4.78 is 4.97. The molecule has 0 spiro atoms. The zero-order chi connectivity index (χ0) is 17.1. The van der Waals surface area contributed by atoms with Crippen LogP contribution in [0.4, 0.5) is 0 Å². The Morgan fingerprint density at radius 3 is 2.52 bits per heavy atom. The summed E-state index contributed by atoms with van der Waals surface area (Å²) in [6.07, 6.45) is 5.58. The number of carbonyl (C=O) groups excluding carboxylic acids is 2. The molecule has 0 radical (unpaired) electrons. The van der Waals surface area contributed by atoms with E-state index in [1.54, 1.807) is 0 Å². The second-order valence-corrected chi connectivity index (χ2v) is 5.58. The Morgan fingerprint density at radius 2 is 1.91 bits per heavy atom. The van der Waals surface area contributed by atoms with E-state index in [1.807, 2.05) is 13.0 Å². The zero-order valence-electron chi connectivity index (χ0n) is 13.8. The van der Waals surface area contributed by atoms with Gasteiger partial charge in [0, 0.05) is 6.04 Å². The molecule has 0 bridgehead atoms. The standard InChI is InChI=1S/C18H24N2O3/c1-3-4-5-6-7-14(2)20-17(21)13-23-18(22)16-10-8-15(12-19)9-11-16/h8-11,14H,3-7,13H2,1-2H3,(H,20,21)/t14-/m1/s1. The van der Waals surface area contributed by atoms with Gasteiger partial charge < -0.3 is 10.1 Å². The van der Waals surface area contributed by atoms with Gasteiger partial charge in [-0.3, -0.25) is 4.79 Å². The van der Waals surface area contributed by atoms with Crippen LogP contribution in [0.2, 0.25) is 0 Å². The molecular weight excluding hydrogens is 292 g/mol. The number of unbranched alkanes of at least 4 members (excludes halogenated alkanes) is 3. The van der Waals surface area contributed by atoms with Crippen LogP contribution in [0.3, 0.4) is 0 Å². The fraction of sp³-hybridized carbons (Fsp3) is 0.500. The minimum Gasteiger partial charge on any atom is -0.452 e. The molecule has 0 heterocycles. The molecule has 1 amide bonds.